The van der Waals surface area contributed by atoms with Crippen LogP contribution in [0.2, 0.25) is 0 Å². The smallest absolute Gasteiger partial charge is 0.261 e. The minimum absolute atomic E-state index is 0.353. The van der Waals surface area contributed by atoms with E-state index in [0.29, 0.717) is 6.61 Å². The number of ether oxygens (including phenoxy) is 5. The fourth-order valence-corrected chi connectivity index (χ4v) is 2.95. The van der Waals surface area contributed by atoms with Crippen molar-refractivity contribution in [2.45, 2.75) is 69.5 Å². The normalized spacial score (nSPS) is 49.0. The van der Waals surface area contributed by atoms with Gasteiger partial charge in [0.05, 0.1) is 6.61 Å². The molecule has 0 aliphatic carbocycles. The van der Waals surface area contributed by atoms with Gasteiger partial charge in [-0.2, -0.15) is 0 Å². The van der Waals surface area contributed by atoms with Gasteiger partial charge in [-0.05, 0) is 33.6 Å². The molecular formula is C14H20O6. The summed E-state index contributed by atoms with van der Waals surface area (Å²) < 4.78 is 28.4. The zero-order valence-electron chi connectivity index (χ0n) is 12.1. The molecule has 112 valence electrons. The summed E-state index contributed by atoms with van der Waals surface area (Å²) in [6, 6.07) is 0. The number of hydrogen-bond acceptors (Lipinski definition) is 6. The van der Waals surface area contributed by atoms with Crippen LogP contribution in [-0.4, -0.2) is 53.5 Å². The zero-order chi connectivity index (χ0) is 14.8. The van der Waals surface area contributed by atoms with E-state index in [2.05, 4.69) is 5.92 Å². The van der Waals surface area contributed by atoms with Gasteiger partial charge in [0.15, 0.2) is 17.7 Å². The van der Waals surface area contributed by atoms with Gasteiger partial charge in [0.1, 0.15) is 18.3 Å². The number of fused-ring (bicyclic) bond motifs is 1. The second-order valence-electron chi connectivity index (χ2n) is 6.31. The summed E-state index contributed by atoms with van der Waals surface area (Å²) in [5, 5.41) is 10.4. The van der Waals surface area contributed by atoms with Crippen molar-refractivity contribution in [1.82, 2.24) is 0 Å². The van der Waals surface area contributed by atoms with E-state index in [0.717, 1.165) is 0 Å². The van der Waals surface area contributed by atoms with Crippen LogP contribution in [-0.2, 0) is 23.7 Å². The zero-order valence-corrected chi connectivity index (χ0v) is 12.1. The Bertz CT molecular complexity index is 453. The van der Waals surface area contributed by atoms with Crippen LogP contribution in [0.3, 0.4) is 0 Å². The van der Waals surface area contributed by atoms with Gasteiger partial charge in [0.25, 0.3) is 5.79 Å². The summed E-state index contributed by atoms with van der Waals surface area (Å²) in [6.07, 6.45) is 3.26. The van der Waals surface area contributed by atoms with Crippen LogP contribution in [0.25, 0.3) is 0 Å². The lowest BCUT2D eigenvalue weighted by atomic mass is 10.0. The number of aliphatic hydroxyl groups is 1. The quantitative estimate of drug-likeness (QED) is 0.702. The topological polar surface area (TPSA) is 66.4 Å². The Labute approximate surface area is 118 Å². The molecule has 3 rings (SSSR count). The van der Waals surface area contributed by atoms with E-state index in [-0.39, 0.29) is 6.10 Å². The van der Waals surface area contributed by atoms with Crippen molar-refractivity contribution < 1.29 is 28.8 Å². The Kier molecular flexibility index (Phi) is 2.97. The Morgan fingerprint density at radius 1 is 1.00 bits per heavy atom. The summed E-state index contributed by atoms with van der Waals surface area (Å²) in [7, 11) is 0. The molecule has 0 aromatic rings. The third-order valence-electron chi connectivity index (χ3n) is 3.76. The van der Waals surface area contributed by atoms with Gasteiger partial charge in [-0.1, -0.05) is 0 Å². The maximum absolute atomic E-state index is 10.4. The van der Waals surface area contributed by atoms with Gasteiger partial charge in [-0.25, -0.2) is 0 Å². The third-order valence-corrected chi connectivity index (χ3v) is 3.76. The number of terminal acetylenes is 1. The first-order valence-corrected chi connectivity index (χ1v) is 6.71. The van der Waals surface area contributed by atoms with Crippen LogP contribution in [0.1, 0.15) is 27.7 Å². The van der Waals surface area contributed by atoms with Crippen LogP contribution in [0.15, 0.2) is 0 Å². The number of rotatable bonds is 1. The third kappa shape index (κ3) is 2.15. The minimum atomic E-state index is -1.81. The van der Waals surface area contributed by atoms with E-state index in [9.17, 15) is 5.11 Å². The molecule has 0 aromatic carbocycles. The second kappa shape index (κ2) is 4.17. The molecule has 20 heavy (non-hydrogen) atoms. The molecule has 0 amide bonds. The van der Waals surface area contributed by atoms with E-state index < -0.39 is 35.7 Å². The summed E-state index contributed by atoms with van der Waals surface area (Å²) in [6.45, 7) is 7.54. The lowest BCUT2D eigenvalue weighted by molar-refractivity contribution is -0.261. The standard InChI is InChI=1S/C14H20O6/c1-6-14(15)11-10(18-13(4,5)20-11)9(19-14)8-7-16-12(2,3)17-8/h1,8-11,15H,7H2,2-5H3/t8-,9-,10-,11-,14?/m1/s1. The average Bonchev–Trinajstić information content (AvgIpc) is 2.92. The van der Waals surface area contributed by atoms with E-state index in [1.54, 1.807) is 13.8 Å². The van der Waals surface area contributed by atoms with Crippen molar-refractivity contribution in [3.8, 4) is 12.3 Å². The number of hydrogen-bond donors (Lipinski definition) is 1. The Morgan fingerprint density at radius 3 is 2.25 bits per heavy atom. The summed E-state index contributed by atoms with van der Waals surface area (Å²) in [5.41, 5.74) is 0. The van der Waals surface area contributed by atoms with Crippen molar-refractivity contribution in [2.24, 2.45) is 0 Å². The van der Waals surface area contributed by atoms with Gasteiger partial charge in [-0.3, -0.25) is 0 Å². The fraction of sp³-hybridized carbons (Fsp3) is 0.857. The molecule has 0 bridgehead atoms. The SMILES string of the molecule is C#CC1(O)O[C@H]([C@H]2COC(C)(C)O2)[C@H]2OC(C)(C)O[C@H]21. The molecule has 3 aliphatic rings. The lowest BCUT2D eigenvalue weighted by Crippen LogP contribution is -2.42. The molecule has 0 aromatic heterocycles. The monoisotopic (exact) mass is 284 g/mol. The highest BCUT2D eigenvalue weighted by Crippen LogP contribution is 2.45. The Morgan fingerprint density at radius 2 is 1.70 bits per heavy atom. The lowest BCUT2D eigenvalue weighted by Gasteiger charge is -2.28. The van der Waals surface area contributed by atoms with E-state index >= 15 is 0 Å². The summed E-state index contributed by atoms with van der Waals surface area (Å²) >= 11 is 0. The van der Waals surface area contributed by atoms with Crippen molar-refractivity contribution >= 4 is 0 Å². The van der Waals surface area contributed by atoms with E-state index in [4.69, 9.17) is 30.1 Å². The largest absolute Gasteiger partial charge is 0.353 e. The van der Waals surface area contributed by atoms with Crippen LogP contribution in [0.4, 0.5) is 0 Å². The van der Waals surface area contributed by atoms with Gasteiger partial charge in [0, 0.05) is 0 Å². The van der Waals surface area contributed by atoms with Gasteiger partial charge < -0.3 is 28.8 Å². The maximum atomic E-state index is 10.4. The summed E-state index contributed by atoms with van der Waals surface area (Å²) in [4.78, 5) is 0. The predicted octanol–water partition coefficient (Wildman–Crippen LogP) is 0.379. The predicted molar refractivity (Wildman–Crippen MR) is 67.4 cm³/mol. The van der Waals surface area contributed by atoms with Gasteiger partial charge >= 0.3 is 0 Å². The highest BCUT2D eigenvalue weighted by Gasteiger charge is 2.64. The average molecular weight is 284 g/mol. The highest BCUT2D eigenvalue weighted by atomic mass is 16.8. The van der Waals surface area contributed by atoms with Crippen LogP contribution in [0, 0.1) is 12.3 Å². The molecule has 1 unspecified atom stereocenters. The van der Waals surface area contributed by atoms with Crippen molar-refractivity contribution in [3.05, 3.63) is 0 Å². The second-order valence-corrected chi connectivity index (χ2v) is 6.31. The molecule has 6 heteroatoms. The highest BCUT2D eigenvalue weighted by molar-refractivity contribution is 5.16. The molecule has 1 N–H and O–H groups in total. The van der Waals surface area contributed by atoms with Gasteiger partial charge in [0.2, 0.25) is 0 Å². The molecule has 0 radical (unpaired) electrons. The minimum Gasteiger partial charge on any atom is -0.353 e. The molecule has 3 aliphatic heterocycles. The first kappa shape index (κ1) is 14.3. The molecule has 5 atom stereocenters. The fourth-order valence-electron chi connectivity index (χ4n) is 2.95. The van der Waals surface area contributed by atoms with Crippen LogP contribution >= 0.6 is 0 Å². The van der Waals surface area contributed by atoms with Crippen LogP contribution < -0.4 is 0 Å². The van der Waals surface area contributed by atoms with Crippen molar-refractivity contribution in [2.75, 3.05) is 6.61 Å². The Balaban J connectivity index is 1.85. The molecule has 6 nitrogen and oxygen atoms in total. The molecular weight excluding hydrogens is 264 g/mol. The molecule has 3 saturated heterocycles. The van der Waals surface area contributed by atoms with Gasteiger partial charge in [-0.15, -0.1) is 6.42 Å². The molecule has 3 fully saturated rings. The van der Waals surface area contributed by atoms with E-state index in [1.807, 2.05) is 13.8 Å². The maximum Gasteiger partial charge on any atom is 0.261 e. The molecule has 0 saturated carbocycles. The first-order valence-electron chi connectivity index (χ1n) is 6.71. The summed E-state index contributed by atoms with van der Waals surface area (Å²) in [5.74, 6) is -1.06. The first-order chi connectivity index (χ1) is 9.16. The van der Waals surface area contributed by atoms with E-state index in [1.165, 1.54) is 0 Å². The van der Waals surface area contributed by atoms with Crippen LogP contribution in [0.5, 0.6) is 0 Å². The van der Waals surface area contributed by atoms with Crippen molar-refractivity contribution in [1.29, 1.82) is 0 Å². The molecule has 0 spiro atoms. The molecule has 3 heterocycles. The van der Waals surface area contributed by atoms with Crippen molar-refractivity contribution in [3.63, 3.8) is 0 Å². The Hall–Kier alpha value is -0.680.